The Hall–Kier alpha value is -0.380. The quantitative estimate of drug-likeness (QED) is 0.506. The number of nitrogens with one attached hydrogen (secondary N) is 1. The molecule has 1 rings (SSSR count). The Morgan fingerprint density at radius 2 is 2.14 bits per heavy atom. The lowest BCUT2D eigenvalue weighted by Gasteiger charge is -2.26. The van der Waals surface area contributed by atoms with E-state index in [1.807, 2.05) is 0 Å². The van der Waals surface area contributed by atoms with Crippen LogP contribution < -0.4 is 5.32 Å². The molecule has 0 unspecified atom stereocenters. The van der Waals surface area contributed by atoms with Crippen molar-refractivity contribution in [2.45, 2.75) is 13.3 Å². The third-order valence-corrected chi connectivity index (χ3v) is 2.58. The molecule has 0 aromatic carbocycles. The highest BCUT2D eigenvalue weighted by molar-refractivity contribution is 4.94. The fourth-order valence-electron chi connectivity index (χ4n) is 1.45. The molecule has 1 heterocycles. The van der Waals surface area contributed by atoms with E-state index in [2.05, 4.69) is 23.7 Å². The summed E-state index contributed by atoms with van der Waals surface area (Å²) in [6.45, 7) is 13.2. The highest BCUT2D eigenvalue weighted by atomic mass is 16.5. The first-order valence-corrected chi connectivity index (χ1v) is 5.50. The van der Waals surface area contributed by atoms with Gasteiger partial charge in [0.1, 0.15) is 0 Å². The van der Waals surface area contributed by atoms with Crippen LogP contribution in [0.25, 0.3) is 0 Å². The summed E-state index contributed by atoms with van der Waals surface area (Å²) < 4.78 is 5.29. The van der Waals surface area contributed by atoms with Crippen LogP contribution in [0.4, 0.5) is 0 Å². The minimum Gasteiger partial charge on any atom is -0.379 e. The van der Waals surface area contributed by atoms with Gasteiger partial charge in [-0.1, -0.05) is 19.1 Å². The van der Waals surface area contributed by atoms with Gasteiger partial charge in [-0.05, 0) is 6.42 Å². The monoisotopic (exact) mass is 198 g/mol. The number of nitrogens with zero attached hydrogens (tertiary/aromatic N) is 1. The average molecular weight is 198 g/mol. The minimum absolute atomic E-state index is 0.891. The van der Waals surface area contributed by atoms with Gasteiger partial charge in [-0.2, -0.15) is 0 Å². The van der Waals surface area contributed by atoms with Crippen LogP contribution in [0.1, 0.15) is 13.3 Å². The highest BCUT2D eigenvalue weighted by Crippen LogP contribution is 1.95. The van der Waals surface area contributed by atoms with Gasteiger partial charge in [0.2, 0.25) is 0 Å². The molecule has 14 heavy (non-hydrogen) atoms. The van der Waals surface area contributed by atoms with E-state index in [-0.39, 0.29) is 0 Å². The Morgan fingerprint density at radius 1 is 1.43 bits per heavy atom. The first-order valence-electron chi connectivity index (χ1n) is 5.50. The van der Waals surface area contributed by atoms with Crippen molar-refractivity contribution in [3.63, 3.8) is 0 Å². The molecule has 3 nitrogen and oxygen atoms in total. The molecule has 1 N–H and O–H groups in total. The number of hydrogen-bond acceptors (Lipinski definition) is 3. The molecule has 1 fully saturated rings. The summed E-state index contributed by atoms with van der Waals surface area (Å²) in [4.78, 5) is 2.44. The maximum absolute atomic E-state index is 5.29. The molecule has 0 aromatic rings. The van der Waals surface area contributed by atoms with Gasteiger partial charge >= 0.3 is 0 Å². The van der Waals surface area contributed by atoms with Crippen LogP contribution in [0.15, 0.2) is 12.2 Å². The predicted octanol–water partition coefficient (Wildman–Crippen LogP) is 0.874. The number of morpholine rings is 1. The molecule has 82 valence electrons. The Kier molecular flexibility index (Phi) is 5.83. The van der Waals surface area contributed by atoms with Crippen LogP contribution in [-0.4, -0.2) is 50.8 Å². The van der Waals surface area contributed by atoms with E-state index in [4.69, 9.17) is 4.74 Å². The molecule has 0 amide bonds. The molecule has 0 aromatic heterocycles. The van der Waals surface area contributed by atoms with Crippen molar-refractivity contribution in [3.05, 3.63) is 12.2 Å². The second-order valence-corrected chi connectivity index (χ2v) is 3.73. The molecule has 1 aliphatic heterocycles. The van der Waals surface area contributed by atoms with E-state index in [0.717, 1.165) is 52.4 Å². The topological polar surface area (TPSA) is 24.5 Å². The lowest BCUT2D eigenvalue weighted by molar-refractivity contribution is 0.0385. The summed E-state index contributed by atoms with van der Waals surface area (Å²) in [6.07, 6.45) is 1.07. The largest absolute Gasteiger partial charge is 0.379 e. The van der Waals surface area contributed by atoms with Gasteiger partial charge in [0.15, 0.2) is 0 Å². The van der Waals surface area contributed by atoms with Crippen LogP contribution in [0.3, 0.4) is 0 Å². The van der Waals surface area contributed by atoms with E-state index in [1.54, 1.807) is 0 Å². The van der Waals surface area contributed by atoms with Crippen LogP contribution >= 0.6 is 0 Å². The highest BCUT2D eigenvalue weighted by Gasteiger charge is 2.08. The molecular formula is C11H22N2O. The summed E-state index contributed by atoms with van der Waals surface area (Å²) in [5.41, 5.74) is 1.28. The molecule has 0 radical (unpaired) electrons. The number of hydrogen-bond donors (Lipinski definition) is 1. The smallest absolute Gasteiger partial charge is 0.0594 e. The number of rotatable bonds is 6. The van der Waals surface area contributed by atoms with Crippen molar-refractivity contribution in [3.8, 4) is 0 Å². The fraction of sp³-hybridized carbons (Fsp3) is 0.818. The zero-order chi connectivity index (χ0) is 10.2. The van der Waals surface area contributed by atoms with Gasteiger partial charge in [-0.3, -0.25) is 4.90 Å². The normalized spacial score (nSPS) is 18.4. The average Bonchev–Trinajstić information content (AvgIpc) is 2.25. The summed E-state index contributed by atoms with van der Waals surface area (Å²) in [5.74, 6) is 0. The Labute approximate surface area is 87.1 Å². The fourth-order valence-corrected chi connectivity index (χ4v) is 1.45. The van der Waals surface area contributed by atoms with Crippen molar-refractivity contribution >= 4 is 0 Å². The van der Waals surface area contributed by atoms with Crippen molar-refractivity contribution in [2.75, 3.05) is 45.9 Å². The van der Waals surface area contributed by atoms with Crippen molar-refractivity contribution < 1.29 is 4.74 Å². The summed E-state index contributed by atoms with van der Waals surface area (Å²) in [5, 5.41) is 3.40. The third kappa shape index (κ3) is 4.74. The van der Waals surface area contributed by atoms with Gasteiger partial charge < -0.3 is 10.1 Å². The molecule has 0 bridgehead atoms. The summed E-state index contributed by atoms with van der Waals surface area (Å²) in [6, 6.07) is 0. The van der Waals surface area contributed by atoms with Crippen molar-refractivity contribution in [2.24, 2.45) is 0 Å². The van der Waals surface area contributed by atoms with E-state index < -0.39 is 0 Å². The Balaban J connectivity index is 1.94. The molecular weight excluding hydrogens is 176 g/mol. The minimum atomic E-state index is 0.891. The first-order chi connectivity index (χ1) is 6.83. The molecule has 1 saturated heterocycles. The molecule has 0 atom stereocenters. The lowest BCUT2D eigenvalue weighted by Crippen LogP contribution is -2.40. The van der Waals surface area contributed by atoms with Gasteiger partial charge in [0.05, 0.1) is 13.2 Å². The van der Waals surface area contributed by atoms with Crippen molar-refractivity contribution in [1.29, 1.82) is 0 Å². The van der Waals surface area contributed by atoms with Crippen molar-refractivity contribution in [1.82, 2.24) is 10.2 Å². The van der Waals surface area contributed by atoms with Crippen LogP contribution in [0, 0.1) is 0 Å². The number of ether oxygens (including phenoxy) is 1. The van der Waals surface area contributed by atoms with Gasteiger partial charge in [-0.15, -0.1) is 0 Å². The van der Waals surface area contributed by atoms with Crippen LogP contribution in [0.2, 0.25) is 0 Å². The second kappa shape index (κ2) is 6.98. The molecule has 0 saturated carbocycles. The molecule has 0 spiro atoms. The summed E-state index contributed by atoms with van der Waals surface area (Å²) in [7, 11) is 0. The molecule has 1 aliphatic rings. The van der Waals surface area contributed by atoms with E-state index in [0.29, 0.717) is 0 Å². The summed E-state index contributed by atoms with van der Waals surface area (Å²) >= 11 is 0. The SMILES string of the molecule is C=C(CC)CNCCN1CCOCC1. The zero-order valence-corrected chi connectivity index (χ0v) is 9.22. The third-order valence-electron chi connectivity index (χ3n) is 2.58. The van der Waals surface area contributed by atoms with E-state index >= 15 is 0 Å². The molecule has 0 aliphatic carbocycles. The van der Waals surface area contributed by atoms with E-state index in [9.17, 15) is 0 Å². The standard InChI is InChI=1S/C11H22N2O/c1-3-11(2)10-12-4-5-13-6-8-14-9-7-13/h12H,2-10H2,1H3. The first kappa shape index (κ1) is 11.7. The van der Waals surface area contributed by atoms with Crippen LogP contribution in [-0.2, 0) is 4.74 Å². The van der Waals surface area contributed by atoms with Gasteiger partial charge in [0, 0.05) is 32.7 Å². The van der Waals surface area contributed by atoms with E-state index in [1.165, 1.54) is 5.57 Å². The predicted molar refractivity (Wildman–Crippen MR) is 59.6 cm³/mol. The maximum atomic E-state index is 5.29. The zero-order valence-electron chi connectivity index (χ0n) is 9.22. The Morgan fingerprint density at radius 3 is 2.79 bits per heavy atom. The van der Waals surface area contributed by atoms with Gasteiger partial charge in [0.25, 0.3) is 0 Å². The second-order valence-electron chi connectivity index (χ2n) is 3.73. The maximum Gasteiger partial charge on any atom is 0.0594 e. The van der Waals surface area contributed by atoms with Gasteiger partial charge in [-0.25, -0.2) is 0 Å². The van der Waals surface area contributed by atoms with Crippen LogP contribution in [0.5, 0.6) is 0 Å². The molecule has 3 heteroatoms. The Bertz CT molecular complexity index is 165. The lowest BCUT2D eigenvalue weighted by atomic mass is 10.2.